The fourth-order valence-corrected chi connectivity index (χ4v) is 3.57. The van der Waals surface area contributed by atoms with E-state index in [1.165, 1.54) is 37.5 Å². The minimum Gasteiger partial charge on any atom is -0.211 e. The highest BCUT2D eigenvalue weighted by molar-refractivity contribution is 7.89. The molecule has 0 aliphatic rings. The molecule has 0 spiro atoms. The summed E-state index contributed by atoms with van der Waals surface area (Å²) in [5.74, 6) is 0. The van der Waals surface area contributed by atoms with Gasteiger partial charge in [0.2, 0.25) is 10.0 Å². The fourth-order valence-electron chi connectivity index (χ4n) is 1.97. The van der Waals surface area contributed by atoms with Gasteiger partial charge in [0.05, 0.1) is 16.7 Å². The van der Waals surface area contributed by atoms with Crippen LogP contribution in [0.4, 0.5) is 0 Å². The molecule has 0 aliphatic carbocycles. The van der Waals surface area contributed by atoms with Gasteiger partial charge in [-0.15, -0.1) is 0 Å². The molecule has 0 aromatic heterocycles. The second-order valence-corrected chi connectivity index (χ2v) is 7.07. The molecule has 1 N–H and O–H groups in total. The Kier molecular flexibility index (Phi) is 7.73. The highest BCUT2D eigenvalue weighted by Crippen LogP contribution is 2.22. The summed E-state index contributed by atoms with van der Waals surface area (Å²) in [5, 5.41) is 8.96. The first kappa shape index (κ1) is 18.0. The fraction of sp³-hybridized carbons (Fsp3) is 0.533. The number of rotatable bonds is 9. The van der Waals surface area contributed by atoms with Gasteiger partial charge >= 0.3 is 0 Å². The lowest BCUT2D eigenvalue weighted by Gasteiger charge is -2.08. The van der Waals surface area contributed by atoms with E-state index in [1.807, 2.05) is 6.07 Å². The van der Waals surface area contributed by atoms with E-state index in [2.05, 4.69) is 11.6 Å². The van der Waals surface area contributed by atoms with Crippen molar-refractivity contribution in [1.29, 1.82) is 5.26 Å². The number of unbranched alkanes of at least 4 members (excludes halogenated alkanes) is 5. The molecule has 0 heterocycles. The molecular formula is C15H21ClN2O2S. The molecule has 1 rings (SSSR count). The molecule has 21 heavy (non-hydrogen) atoms. The molecule has 0 saturated heterocycles. The lowest BCUT2D eigenvalue weighted by molar-refractivity contribution is 0.567. The molecule has 0 atom stereocenters. The molecule has 0 aliphatic heterocycles. The molecule has 6 heteroatoms. The average molecular weight is 329 g/mol. The quantitative estimate of drug-likeness (QED) is 0.700. The second kappa shape index (κ2) is 9.04. The Labute approximate surface area is 132 Å². The Hall–Kier alpha value is -1.09. The van der Waals surface area contributed by atoms with Gasteiger partial charge in [0, 0.05) is 6.54 Å². The van der Waals surface area contributed by atoms with Crippen molar-refractivity contribution in [2.24, 2.45) is 0 Å². The van der Waals surface area contributed by atoms with Crippen molar-refractivity contribution in [3.63, 3.8) is 0 Å². The maximum absolute atomic E-state index is 12.2. The maximum Gasteiger partial charge on any atom is 0.242 e. The summed E-state index contributed by atoms with van der Waals surface area (Å²) in [4.78, 5) is -0.0331. The van der Waals surface area contributed by atoms with Crippen LogP contribution >= 0.6 is 11.6 Å². The van der Waals surface area contributed by atoms with Crippen LogP contribution in [0.1, 0.15) is 51.0 Å². The zero-order chi connectivity index (χ0) is 15.7. The minimum absolute atomic E-state index is 0.0331. The van der Waals surface area contributed by atoms with Crippen LogP contribution in [0.25, 0.3) is 0 Å². The Morgan fingerprint density at radius 1 is 1.19 bits per heavy atom. The van der Waals surface area contributed by atoms with Crippen LogP contribution < -0.4 is 4.72 Å². The molecule has 0 amide bonds. The topological polar surface area (TPSA) is 70.0 Å². The molecule has 116 valence electrons. The first-order valence-corrected chi connectivity index (χ1v) is 9.06. The number of benzene rings is 1. The molecule has 0 fully saturated rings. The first-order chi connectivity index (χ1) is 10.0. The van der Waals surface area contributed by atoms with E-state index in [0.29, 0.717) is 6.54 Å². The number of nitrogens with zero attached hydrogens (tertiary/aromatic N) is 1. The molecular weight excluding hydrogens is 308 g/mol. The van der Waals surface area contributed by atoms with Gasteiger partial charge in [-0.25, -0.2) is 13.1 Å². The smallest absolute Gasteiger partial charge is 0.211 e. The summed E-state index contributed by atoms with van der Waals surface area (Å²) in [6, 6.07) is 6.13. The third-order valence-corrected chi connectivity index (χ3v) is 5.11. The Morgan fingerprint density at radius 2 is 1.86 bits per heavy atom. The van der Waals surface area contributed by atoms with Gasteiger partial charge in [0.1, 0.15) is 4.90 Å². The monoisotopic (exact) mass is 328 g/mol. The number of hydrogen-bond donors (Lipinski definition) is 1. The third kappa shape index (κ3) is 6.04. The van der Waals surface area contributed by atoms with Crippen molar-refractivity contribution >= 4 is 21.6 Å². The predicted molar refractivity (Wildman–Crippen MR) is 84.7 cm³/mol. The molecule has 0 unspecified atom stereocenters. The Bertz CT molecular complexity index is 594. The lowest BCUT2D eigenvalue weighted by Crippen LogP contribution is -2.25. The summed E-state index contributed by atoms with van der Waals surface area (Å²) in [6.07, 6.45) is 6.55. The average Bonchev–Trinajstić information content (AvgIpc) is 2.46. The summed E-state index contributed by atoms with van der Waals surface area (Å²) in [7, 11) is -3.65. The zero-order valence-corrected chi connectivity index (χ0v) is 13.8. The second-order valence-electron chi connectivity index (χ2n) is 4.92. The number of sulfonamides is 1. The maximum atomic E-state index is 12.2. The van der Waals surface area contributed by atoms with E-state index in [0.717, 1.165) is 19.3 Å². The largest absolute Gasteiger partial charge is 0.242 e. The van der Waals surface area contributed by atoms with Gasteiger partial charge in [-0.3, -0.25) is 0 Å². The van der Waals surface area contributed by atoms with Crippen molar-refractivity contribution in [3.8, 4) is 6.07 Å². The van der Waals surface area contributed by atoms with Crippen molar-refractivity contribution in [3.05, 3.63) is 28.8 Å². The SMILES string of the molecule is CCCCCCCCNS(=O)(=O)c1cc(C#N)ccc1Cl. The summed E-state index contributed by atoms with van der Waals surface area (Å²) in [6.45, 7) is 2.55. The van der Waals surface area contributed by atoms with Crippen molar-refractivity contribution in [2.75, 3.05) is 6.54 Å². The van der Waals surface area contributed by atoms with E-state index >= 15 is 0 Å². The predicted octanol–water partition coefficient (Wildman–Crippen LogP) is 3.85. The van der Waals surface area contributed by atoms with Gasteiger partial charge in [-0.2, -0.15) is 5.26 Å². The first-order valence-electron chi connectivity index (χ1n) is 7.20. The number of hydrogen-bond acceptors (Lipinski definition) is 3. The van der Waals surface area contributed by atoms with Gasteiger partial charge < -0.3 is 0 Å². The van der Waals surface area contributed by atoms with Crippen LogP contribution in [0.5, 0.6) is 0 Å². The van der Waals surface area contributed by atoms with Crippen LogP contribution in [-0.4, -0.2) is 15.0 Å². The molecule has 1 aromatic carbocycles. The third-order valence-electron chi connectivity index (χ3n) is 3.17. The zero-order valence-electron chi connectivity index (χ0n) is 12.2. The van der Waals surface area contributed by atoms with Gasteiger partial charge in [0.15, 0.2) is 0 Å². The summed E-state index contributed by atoms with van der Waals surface area (Å²) in [5.41, 5.74) is 0.277. The number of nitrogens with one attached hydrogen (secondary N) is 1. The van der Waals surface area contributed by atoms with Crippen LogP contribution in [-0.2, 0) is 10.0 Å². The van der Waals surface area contributed by atoms with Crippen LogP contribution in [0, 0.1) is 11.3 Å². The van der Waals surface area contributed by atoms with Gasteiger partial charge in [-0.05, 0) is 24.6 Å². The van der Waals surface area contributed by atoms with E-state index < -0.39 is 10.0 Å². The van der Waals surface area contributed by atoms with Gasteiger partial charge in [-0.1, -0.05) is 50.6 Å². The van der Waals surface area contributed by atoms with Crippen LogP contribution in [0.2, 0.25) is 5.02 Å². The molecule has 0 radical (unpaired) electrons. The highest BCUT2D eigenvalue weighted by Gasteiger charge is 2.17. The number of halogens is 1. The Morgan fingerprint density at radius 3 is 2.52 bits per heavy atom. The summed E-state index contributed by atoms with van der Waals surface area (Å²) >= 11 is 5.91. The lowest BCUT2D eigenvalue weighted by atomic mass is 10.1. The van der Waals surface area contributed by atoms with Crippen LogP contribution in [0.3, 0.4) is 0 Å². The highest BCUT2D eigenvalue weighted by atomic mass is 35.5. The van der Waals surface area contributed by atoms with E-state index in [9.17, 15) is 8.42 Å². The van der Waals surface area contributed by atoms with Crippen LogP contribution in [0.15, 0.2) is 23.1 Å². The summed E-state index contributed by atoms with van der Waals surface area (Å²) < 4.78 is 26.8. The normalized spacial score (nSPS) is 11.3. The van der Waals surface area contributed by atoms with E-state index in [-0.39, 0.29) is 15.5 Å². The molecule has 4 nitrogen and oxygen atoms in total. The molecule has 0 saturated carbocycles. The van der Waals surface area contributed by atoms with Gasteiger partial charge in [0.25, 0.3) is 0 Å². The number of nitriles is 1. The van der Waals surface area contributed by atoms with Crippen molar-refractivity contribution in [1.82, 2.24) is 4.72 Å². The van der Waals surface area contributed by atoms with E-state index in [1.54, 1.807) is 0 Å². The van der Waals surface area contributed by atoms with E-state index in [4.69, 9.17) is 16.9 Å². The minimum atomic E-state index is -3.65. The molecule has 1 aromatic rings. The standard InChI is InChI=1S/C15H21ClN2O2S/c1-2-3-4-5-6-7-10-18-21(19,20)15-11-13(12-17)8-9-14(15)16/h8-9,11,18H,2-7,10H2,1H3. The Balaban J connectivity index is 2.53. The van der Waals surface area contributed by atoms with Crippen molar-refractivity contribution < 1.29 is 8.42 Å². The van der Waals surface area contributed by atoms with Crippen molar-refractivity contribution in [2.45, 2.75) is 50.3 Å². The molecule has 0 bridgehead atoms.